The summed E-state index contributed by atoms with van der Waals surface area (Å²) in [4.78, 5) is 8.84. The lowest BCUT2D eigenvalue weighted by Crippen LogP contribution is -2.29. The largest absolute Gasteiger partial charge is 0.365 e. The van der Waals surface area contributed by atoms with Gasteiger partial charge in [0.05, 0.1) is 17.6 Å². The third-order valence-corrected chi connectivity index (χ3v) is 4.67. The standard InChI is InChI=1S/C17H19ClN6/c18-13-3-1-12(2-4-13)9-20-16-15-10-23-24(17(15)22-11-21-16)14-5-7-19-8-6-14/h1-4,10-11,14,19H,5-9H2,(H,20,21,22). The molecule has 0 amide bonds. The molecular weight excluding hydrogens is 324 g/mol. The van der Waals surface area contributed by atoms with Gasteiger partial charge in [-0.05, 0) is 43.6 Å². The molecule has 6 nitrogen and oxygen atoms in total. The van der Waals surface area contributed by atoms with Crippen LogP contribution in [0.3, 0.4) is 0 Å². The Balaban J connectivity index is 1.57. The number of rotatable bonds is 4. The Kier molecular flexibility index (Phi) is 4.32. The van der Waals surface area contributed by atoms with Crippen molar-refractivity contribution in [2.75, 3.05) is 18.4 Å². The number of piperidine rings is 1. The van der Waals surface area contributed by atoms with E-state index in [1.54, 1.807) is 6.33 Å². The second-order valence-electron chi connectivity index (χ2n) is 6.01. The molecule has 0 radical (unpaired) electrons. The second-order valence-corrected chi connectivity index (χ2v) is 6.45. The van der Waals surface area contributed by atoms with E-state index in [1.165, 1.54) is 0 Å². The quantitative estimate of drug-likeness (QED) is 0.763. The molecule has 1 saturated heterocycles. The Morgan fingerprint density at radius 2 is 1.96 bits per heavy atom. The molecule has 124 valence electrons. The van der Waals surface area contributed by atoms with Crippen molar-refractivity contribution in [2.24, 2.45) is 0 Å². The smallest absolute Gasteiger partial charge is 0.163 e. The Morgan fingerprint density at radius 3 is 2.75 bits per heavy atom. The number of nitrogens with one attached hydrogen (secondary N) is 2. The highest BCUT2D eigenvalue weighted by atomic mass is 35.5. The number of halogens is 1. The maximum absolute atomic E-state index is 5.93. The van der Waals surface area contributed by atoms with Crippen molar-refractivity contribution in [1.29, 1.82) is 0 Å². The summed E-state index contributed by atoms with van der Waals surface area (Å²) in [6, 6.07) is 8.20. The first kappa shape index (κ1) is 15.4. The van der Waals surface area contributed by atoms with Crippen molar-refractivity contribution in [2.45, 2.75) is 25.4 Å². The summed E-state index contributed by atoms with van der Waals surface area (Å²) in [5, 5.41) is 13.0. The molecule has 1 aliphatic rings. The van der Waals surface area contributed by atoms with Gasteiger partial charge in [-0.1, -0.05) is 23.7 Å². The molecule has 0 bridgehead atoms. The van der Waals surface area contributed by atoms with E-state index in [4.69, 9.17) is 11.6 Å². The second kappa shape index (κ2) is 6.75. The summed E-state index contributed by atoms with van der Waals surface area (Å²) in [5.74, 6) is 0.815. The highest BCUT2D eigenvalue weighted by molar-refractivity contribution is 6.30. The summed E-state index contributed by atoms with van der Waals surface area (Å²) in [6.45, 7) is 2.74. The summed E-state index contributed by atoms with van der Waals surface area (Å²) >= 11 is 5.93. The fraction of sp³-hybridized carbons (Fsp3) is 0.353. The van der Waals surface area contributed by atoms with Gasteiger partial charge in [0, 0.05) is 11.6 Å². The van der Waals surface area contributed by atoms with Crippen molar-refractivity contribution in [3.8, 4) is 0 Å². The Morgan fingerprint density at radius 1 is 1.17 bits per heavy atom. The topological polar surface area (TPSA) is 67.7 Å². The van der Waals surface area contributed by atoms with Gasteiger partial charge < -0.3 is 10.6 Å². The van der Waals surface area contributed by atoms with Crippen molar-refractivity contribution in [3.05, 3.63) is 47.4 Å². The third kappa shape index (κ3) is 3.07. The molecule has 0 spiro atoms. The zero-order valence-electron chi connectivity index (χ0n) is 13.2. The lowest BCUT2D eigenvalue weighted by atomic mass is 10.1. The highest BCUT2D eigenvalue weighted by Gasteiger charge is 2.19. The predicted molar refractivity (Wildman–Crippen MR) is 95.2 cm³/mol. The van der Waals surface area contributed by atoms with E-state index in [2.05, 4.69) is 25.7 Å². The lowest BCUT2D eigenvalue weighted by molar-refractivity contribution is 0.349. The van der Waals surface area contributed by atoms with Crippen LogP contribution in [0.5, 0.6) is 0 Å². The van der Waals surface area contributed by atoms with Gasteiger partial charge in [0.25, 0.3) is 0 Å². The Labute approximate surface area is 145 Å². The molecule has 4 rings (SSSR count). The van der Waals surface area contributed by atoms with E-state index in [0.29, 0.717) is 12.6 Å². The lowest BCUT2D eigenvalue weighted by Gasteiger charge is -2.23. The van der Waals surface area contributed by atoms with Crippen LogP contribution in [-0.2, 0) is 6.54 Å². The normalized spacial score (nSPS) is 15.7. The zero-order chi connectivity index (χ0) is 16.4. The van der Waals surface area contributed by atoms with Crippen LogP contribution >= 0.6 is 11.6 Å². The Hall–Kier alpha value is -2.18. The number of hydrogen-bond acceptors (Lipinski definition) is 5. The molecular formula is C17H19ClN6. The monoisotopic (exact) mass is 342 g/mol. The molecule has 2 N–H and O–H groups in total. The molecule has 0 unspecified atom stereocenters. The third-order valence-electron chi connectivity index (χ3n) is 4.42. The van der Waals surface area contributed by atoms with E-state index in [1.807, 2.05) is 35.1 Å². The SMILES string of the molecule is Clc1ccc(CNc2ncnc3c2cnn3C2CCNCC2)cc1. The van der Waals surface area contributed by atoms with Crippen LogP contribution in [0, 0.1) is 0 Å². The molecule has 3 heterocycles. The van der Waals surface area contributed by atoms with Crippen LogP contribution in [-0.4, -0.2) is 32.8 Å². The van der Waals surface area contributed by atoms with Crippen LogP contribution in [0.1, 0.15) is 24.4 Å². The Bertz CT molecular complexity index is 823. The van der Waals surface area contributed by atoms with E-state index in [9.17, 15) is 0 Å². The molecule has 0 atom stereocenters. The molecule has 2 aromatic heterocycles. The summed E-state index contributed by atoms with van der Waals surface area (Å²) in [5.41, 5.74) is 2.05. The van der Waals surface area contributed by atoms with Crippen molar-refractivity contribution < 1.29 is 0 Å². The van der Waals surface area contributed by atoms with Crippen LogP contribution in [0.15, 0.2) is 36.8 Å². The molecule has 3 aromatic rings. The van der Waals surface area contributed by atoms with Crippen molar-refractivity contribution >= 4 is 28.5 Å². The minimum absolute atomic E-state index is 0.405. The average Bonchev–Trinajstić information content (AvgIpc) is 3.07. The minimum Gasteiger partial charge on any atom is -0.365 e. The van der Waals surface area contributed by atoms with Crippen molar-refractivity contribution in [1.82, 2.24) is 25.1 Å². The molecule has 0 aliphatic carbocycles. The minimum atomic E-state index is 0.405. The number of anilines is 1. The summed E-state index contributed by atoms with van der Waals surface area (Å²) < 4.78 is 2.05. The van der Waals surface area contributed by atoms with Gasteiger partial charge >= 0.3 is 0 Å². The average molecular weight is 343 g/mol. The fourth-order valence-electron chi connectivity index (χ4n) is 3.11. The molecule has 1 aromatic carbocycles. The number of nitrogens with zero attached hydrogens (tertiary/aromatic N) is 4. The van der Waals surface area contributed by atoms with Gasteiger partial charge in [-0.25, -0.2) is 14.6 Å². The van der Waals surface area contributed by atoms with E-state index in [0.717, 1.165) is 53.4 Å². The predicted octanol–water partition coefficient (Wildman–Crippen LogP) is 3.02. The van der Waals surface area contributed by atoms with Gasteiger partial charge in [-0.15, -0.1) is 0 Å². The van der Waals surface area contributed by atoms with Crippen LogP contribution in [0.25, 0.3) is 11.0 Å². The van der Waals surface area contributed by atoms with Gasteiger partial charge in [0.1, 0.15) is 12.1 Å². The first-order valence-corrected chi connectivity index (χ1v) is 8.56. The zero-order valence-corrected chi connectivity index (χ0v) is 14.0. The highest BCUT2D eigenvalue weighted by Crippen LogP contribution is 2.25. The van der Waals surface area contributed by atoms with Gasteiger partial charge in [-0.2, -0.15) is 5.10 Å². The van der Waals surface area contributed by atoms with Gasteiger partial charge in [0.2, 0.25) is 0 Å². The fourth-order valence-corrected chi connectivity index (χ4v) is 3.24. The number of hydrogen-bond donors (Lipinski definition) is 2. The maximum atomic E-state index is 5.93. The number of fused-ring (bicyclic) bond motifs is 1. The number of aromatic nitrogens is 4. The molecule has 24 heavy (non-hydrogen) atoms. The first-order chi connectivity index (χ1) is 11.8. The molecule has 0 saturated carbocycles. The summed E-state index contributed by atoms with van der Waals surface area (Å²) in [7, 11) is 0. The van der Waals surface area contributed by atoms with Crippen LogP contribution in [0.2, 0.25) is 5.02 Å². The van der Waals surface area contributed by atoms with Crippen LogP contribution < -0.4 is 10.6 Å². The van der Waals surface area contributed by atoms with Gasteiger partial charge in [-0.3, -0.25) is 0 Å². The molecule has 1 aliphatic heterocycles. The maximum Gasteiger partial charge on any atom is 0.163 e. The van der Waals surface area contributed by atoms with Crippen molar-refractivity contribution in [3.63, 3.8) is 0 Å². The van der Waals surface area contributed by atoms with E-state index < -0.39 is 0 Å². The van der Waals surface area contributed by atoms with Gasteiger partial charge in [0.15, 0.2) is 5.65 Å². The molecule has 7 heteroatoms. The summed E-state index contributed by atoms with van der Waals surface area (Å²) in [6.07, 6.45) is 5.62. The van der Waals surface area contributed by atoms with E-state index >= 15 is 0 Å². The first-order valence-electron chi connectivity index (χ1n) is 8.18. The molecule has 1 fully saturated rings. The number of benzene rings is 1. The van der Waals surface area contributed by atoms with Crippen LogP contribution in [0.4, 0.5) is 5.82 Å². The van der Waals surface area contributed by atoms with E-state index in [-0.39, 0.29) is 0 Å².